The summed E-state index contributed by atoms with van der Waals surface area (Å²) >= 11 is 5.96. The maximum Gasteiger partial charge on any atom is 0.267 e. The molecule has 6 nitrogen and oxygen atoms in total. The van der Waals surface area contributed by atoms with Crippen molar-refractivity contribution in [3.8, 4) is 5.75 Å². The quantitative estimate of drug-likeness (QED) is 0.838. The summed E-state index contributed by atoms with van der Waals surface area (Å²) in [4.78, 5) is 25.9. The van der Waals surface area contributed by atoms with Crippen LogP contribution in [0.2, 0.25) is 5.02 Å². The summed E-state index contributed by atoms with van der Waals surface area (Å²) in [7, 11) is 0. The van der Waals surface area contributed by atoms with Crippen LogP contribution in [0, 0.1) is 6.92 Å². The van der Waals surface area contributed by atoms with Crippen molar-refractivity contribution < 1.29 is 9.53 Å². The van der Waals surface area contributed by atoms with Gasteiger partial charge in [-0.1, -0.05) is 17.7 Å². The average Bonchev–Trinajstić information content (AvgIpc) is 2.59. The van der Waals surface area contributed by atoms with Crippen molar-refractivity contribution in [3.05, 3.63) is 57.5 Å². The highest BCUT2D eigenvalue weighted by Crippen LogP contribution is 2.22. The van der Waals surface area contributed by atoms with Gasteiger partial charge in [0, 0.05) is 37.0 Å². The fraction of sp³-hybridized carbons (Fsp3) is 0.389. The molecule has 25 heavy (non-hydrogen) atoms. The number of halogens is 1. The molecule has 7 heteroatoms. The van der Waals surface area contributed by atoms with E-state index in [0.717, 1.165) is 18.6 Å². The highest BCUT2D eigenvalue weighted by atomic mass is 35.5. The van der Waals surface area contributed by atoms with Crippen molar-refractivity contribution in [1.82, 2.24) is 14.7 Å². The number of nitrogens with zero attached hydrogens (tertiary/aromatic N) is 3. The summed E-state index contributed by atoms with van der Waals surface area (Å²) in [6.07, 6.45) is 1.55. The van der Waals surface area contributed by atoms with Gasteiger partial charge in [-0.25, -0.2) is 4.68 Å². The maximum atomic E-state index is 12.4. The van der Waals surface area contributed by atoms with Gasteiger partial charge in [0.2, 0.25) is 5.91 Å². The Bertz CT molecular complexity index is 813. The van der Waals surface area contributed by atoms with Crippen molar-refractivity contribution >= 4 is 17.5 Å². The zero-order valence-corrected chi connectivity index (χ0v) is 14.8. The lowest BCUT2D eigenvalue weighted by Crippen LogP contribution is -2.44. The number of likely N-dealkylation sites (tertiary alicyclic amines) is 1. The zero-order chi connectivity index (χ0) is 17.8. The smallest absolute Gasteiger partial charge is 0.267 e. The SMILES string of the molecule is Cc1ccc(=O)n(CC(=O)N2CCC(Oc3cccc(Cl)c3)CC2)n1. The van der Waals surface area contributed by atoms with Gasteiger partial charge in [0.25, 0.3) is 5.56 Å². The number of carbonyl (C=O) groups excluding carboxylic acids is 1. The van der Waals surface area contributed by atoms with Crippen LogP contribution in [0.1, 0.15) is 18.5 Å². The molecule has 1 aliphatic heterocycles. The number of hydrogen-bond acceptors (Lipinski definition) is 4. The van der Waals surface area contributed by atoms with Crippen LogP contribution < -0.4 is 10.3 Å². The predicted molar refractivity (Wildman–Crippen MR) is 94.9 cm³/mol. The second kappa shape index (κ2) is 7.70. The molecule has 2 heterocycles. The Labute approximate surface area is 151 Å². The van der Waals surface area contributed by atoms with Crippen LogP contribution in [0.4, 0.5) is 0 Å². The van der Waals surface area contributed by atoms with Crippen LogP contribution in [-0.4, -0.2) is 39.8 Å². The van der Waals surface area contributed by atoms with Crippen LogP contribution in [0.5, 0.6) is 5.75 Å². The summed E-state index contributed by atoms with van der Waals surface area (Å²) in [6.45, 7) is 2.97. The first-order valence-electron chi connectivity index (χ1n) is 8.26. The third-order valence-electron chi connectivity index (χ3n) is 4.18. The van der Waals surface area contributed by atoms with E-state index >= 15 is 0 Å². The van der Waals surface area contributed by atoms with Crippen LogP contribution in [0.3, 0.4) is 0 Å². The molecule has 1 aromatic carbocycles. The number of rotatable bonds is 4. The van der Waals surface area contributed by atoms with Gasteiger partial charge < -0.3 is 9.64 Å². The lowest BCUT2D eigenvalue weighted by molar-refractivity contribution is -0.133. The second-order valence-electron chi connectivity index (χ2n) is 6.13. The van der Waals surface area contributed by atoms with Crippen LogP contribution >= 0.6 is 11.6 Å². The van der Waals surface area contributed by atoms with Gasteiger partial charge in [-0.15, -0.1) is 0 Å². The minimum absolute atomic E-state index is 0.0275. The normalized spacial score (nSPS) is 15.2. The van der Waals surface area contributed by atoms with E-state index < -0.39 is 0 Å². The molecule has 1 amide bonds. The molecule has 0 N–H and O–H groups in total. The largest absolute Gasteiger partial charge is 0.490 e. The molecular weight excluding hydrogens is 342 g/mol. The van der Waals surface area contributed by atoms with Crippen molar-refractivity contribution in [2.75, 3.05) is 13.1 Å². The summed E-state index contributed by atoms with van der Waals surface area (Å²) in [5.74, 6) is 0.647. The van der Waals surface area contributed by atoms with E-state index in [9.17, 15) is 9.59 Å². The van der Waals surface area contributed by atoms with Crippen LogP contribution in [-0.2, 0) is 11.3 Å². The highest BCUT2D eigenvalue weighted by molar-refractivity contribution is 6.30. The Morgan fingerprint density at radius 2 is 2.04 bits per heavy atom. The average molecular weight is 362 g/mol. The third kappa shape index (κ3) is 4.60. The fourth-order valence-electron chi connectivity index (χ4n) is 2.85. The second-order valence-corrected chi connectivity index (χ2v) is 6.56. The minimum Gasteiger partial charge on any atom is -0.490 e. The molecule has 0 unspecified atom stereocenters. The first-order chi connectivity index (χ1) is 12.0. The number of aryl methyl sites for hydroxylation is 1. The summed E-state index contributed by atoms with van der Waals surface area (Å²) in [5, 5.41) is 4.75. The van der Waals surface area contributed by atoms with Gasteiger partial charge in [0.1, 0.15) is 18.4 Å². The van der Waals surface area contributed by atoms with Crippen LogP contribution in [0.25, 0.3) is 0 Å². The van der Waals surface area contributed by atoms with E-state index in [1.54, 1.807) is 30.0 Å². The molecule has 3 rings (SSSR count). The lowest BCUT2D eigenvalue weighted by Gasteiger charge is -2.32. The first-order valence-corrected chi connectivity index (χ1v) is 8.64. The zero-order valence-electron chi connectivity index (χ0n) is 14.0. The fourth-order valence-corrected chi connectivity index (χ4v) is 3.03. The molecule has 1 aromatic heterocycles. The predicted octanol–water partition coefficient (Wildman–Crippen LogP) is 2.28. The van der Waals surface area contributed by atoms with E-state index in [2.05, 4.69) is 5.10 Å². The Balaban J connectivity index is 1.54. The first kappa shape index (κ1) is 17.5. The number of ether oxygens (including phenoxy) is 1. The molecular formula is C18H20ClN3O3. The molecule has 0 radical (unpaired) electrons. The molecule has 0 saturated carbocycles. The Morgan fingerprint density at radius 3 is 2.76 bits per heavy atom. The number of carbonyl (C=O) groups is 1. The van der Waals surface area contributed by atoms with Gasteiger partial charge >= 0.3 is 0 Å². The standard InChI is InChI=1S/C18H20ClN3O3/c1-13-5-6-17(23)22(20-13)12-18(24)21-9-7-15(8-10-21)25-16-4-2-3-14(19)11-16/h2-6,11,15H,7-10,12H2,1H3. The maximum absolute atomic E-state index is 12.4. The minimum atomic E-state index is -0.266. The molecule has 1 aliphatic rings. The molecule has 0 aliphatic carbocycles. The van der Waals surface area contributed by atoms with Gasteiger partial charge in [0.05, 0.1) is 5.69 Å². The number of amides is 1. The Morgan fingerprint density at radius 1 is 1.28 bits per heavy atom. The van der Waals surface area contributed by atoms with E-state index in [1.807, 2.05) is 12.1 Å². The number of hydrogen-bond donors (Lipinski definition) is 0. The van der Waals surface area contributed by atoms with Crippen molar-refractivity contribution in [2.45, 2.75) is 32.4 Å². The Kier molecular flexibility index (Phi) is 5.38. The van der Waals surface area contributed by atoms with Crippen molar-refractivity contribution in [3.63, 3.8) is 0 Å². The van der Waals surface area contributed by atoms with E-state index in [4.69, 9.17) is 16.3 Å². The Hall–Kier alpha value is -2.34. The monoisotopic (exact) mass is 361 g/mol. The molecule has 0 bridgehead atoms. The summed E-state index contributed by atoms with van der Waals surface area (Å²) < 4.78 is 7.14. The van der Waals surface area contributed by atoms with Gasteiger partial charge in [-0.05, 0) is 31.2 Å². The van der Waals surface area contributed by atoms with Crippen molar-refractivity contribution in [1.29, 1.82) is 0 Å². The van der Waals surface area contributed by atoms with E-state index in [-0.39, 0.29) is 24.1 Å². The molecule has 1 saturated heterocycles. The molecule has 132 valence electrons. The van der Waals surface area contributed by atoms with Crippen molar-refractivity contribution in [2.24, 2.45) is 0 Å². The number of aromatic nitrogens is 2. The molecule has 1 fully saturated rings. The summed E-state index contributed by atoms with van der Waals surface area (Å²) in [6, 6.07) is 10.4. The van der Waals surface area contributed by atoms with Gasteiger partial charge in [-0.2, -0.15) is 5.10 Å². The van der Waals surface area contributed by atoms with Gasteiger partial charge in [0.15, 0.2) is 0 Å². The van der Waals surface area contributed by atoms with E-state index in [0.29, 0.717) is 23.8 Å². The molecule has 0 spiro atoms. The van der Waals surface area contributed by atoms with Gasteiger partial charge in [-0.3, -0.25) is 9.59 Å². The van der Waals surface area contributed by atoms with Crippen LogP contribution in [0.15, 0.2) is 41.2 Å². The topological polar surface area (TPSA) is 64.4 Å². The van der Waals surface area contributed by atoms with E-state index in [1.165, 1.54) is 10.7 Å². The lowest BCUT2D eigenvalue weighted by atomic mass is 10.1. The number of piperidine rings is 1. The highest BCUT2D eigenvalue weighted by Gasteiger charge is 2.24. The number of benzene rings is 1. The molecule has 0 atom stereocenters. The third-order valence-corrected chi connectivity index (χ3v) is 4.41. The molecule has 2 aromatic rings. The summed E-state index contributed by atoms with van der Waals surface area (Å²) in [5.41, 5.74) is 0.444.